The van der Waals surface area contributed by atoms with Gasteiger partial charge in [0, 0.05) is 13.1 Å². The van der Waals surface area contributed by atoms with Crippen molar-refractivity contribution in [2.45, 2.75) is 13.8 Å². The van der Waals surface area contributed by atoms with E-state index in [1.54, 1.807) is 0 Å². The van der Waals surface area contributed by atoms with Gasteiger partial charge >= 0.3 is 17.8 Å². The molecule has 0 aromatic carbocycles. The van der Waals surface area contributed by atoms with Gasteiger partial charge in [0.25, 0.3) is 0 Å². The van der Waals surface area contributed by atoms with E-state index in [0.29, 0.717) is 6.54 Å². The Kier molecular flexibility index (Phi) is 3.79. The summed E-state index contributed by atoms with van der Waals surface area (Å²) in [6.07, 6.45) is 0. The molecule has 0 bridgehead atoms. The van der Waals surface area contributed by atoms with Crippen LogP contribution >= 0.6 is 0 Å². The van der Waals surface area contributed by atoms with Gasteiger partial charge in [0.05, 0.1) is 0 Å². The molecule has 1 aliphatic heterocycles. The smallest absolute Gasteiger partial charge is 0.302 e. The molecule has 1 N–H and O–H groups in total. The number of hydrogen-bond donors (Lipinski definition) is 1. The Labute approximate surface area is 88.2 Å². The van der Waals surface area contributed by atoms with Crippen LogP contribution in [0.4, 0.5) is 4.79 Å². The van der Waals surface area contributed by atoms with Gasteiger partial charge in [-0.25, -0.2) is 4.79 Å². The predicted octanol–water partition coefficient (Wildman–Crippen LogP) is -0.593. The maximum atomic E-state index is 11.2. The van der Waals surface area contributed by atoms with Crippen LogP contribution < -0.4 is 5.32 Å². The number of hydrogen-bond acceptors (Lipinski definition) is 4. The highest BCUT2D eigenvalue weighted by molar-refractivity contribution is 6.44. The monoisotopic (exact) mass is 213 g/mol. The van der Waals surface area contributed by atoms with Gasteiger partial charge in [-0.2, -0.15) is 0 Å². The minimum absolute atomic E-state index is 0.262. The zero-order chi connectivity index (χ0) is 11.4. The zero-order valence-electron chi connectivity index (χ0n) is 8.95. The number of likely N-dealkylation sites (N-methyl/N-ethyl adjacent to an activating group) is 1. The van der Waals surface area contributed by atoms with E-state index >= 15 is 0 Å². The van der Waals surface area contributed by atoms with Crippen molar-refractivity contribution in [3.05, 3.63) is 0 Å². The molecule has 0 saturated carbocycles. The SMILES string of the molecule is CCN(CC)CCN1C(=O)NC(=O)C1=O. The second-order valence-electron chi connectivity index (χ2n) is 3.24. The van der Waals surface area contributed by atoms with Gasteiger partial charge in [-0.3, -0.25) is 19.8 Å². The van der Waals surface area contributed by atoms with Crippen molar-refractivity contribution in [2.24, 2.45) is 0 Å². The van der Waals surface area contributed by atoms with Crippen LogP contribution in [0.5, 0.6) is 0 Å². The number of nitrogens with one attached hydrogen (secondary N) is 1. The average molecular weight is 213 g/mol. The summed E-state index contributed by atoms with van der Waals surface area (Å²) in [4.78, 5) is 36.2. The van der Waals surface area contributed by atoms with Crippen molar-refractivity contribution in [1.82, 2.24) is 15.1 Å². The van der Waals surface area contributed by atoms with Crippen molar-refractivity contribution in [3.63, 3.8) is 0 Å². The summed E-state index contributed by atoms with van der Waals surface area (Å²) in [5, 5.41) is 1.96. The van der Waals surface area contributed by atoms with Crippen LogP contribution in [0, 0.1) is 0 Å². The first-order valence-electron chi connectivity index (χ1n) is 4.99. The Hall–Kier alpha value is -1.43. The molecule has 4 amide bonds. The highest BCUT2D eigenvalue weighted by Crippen LogP contribution is 2.00. The quantitative estimate of drug-likeness (QED) is 0.489. The fourth-order valence-electron chi connectivity index (χ4n) is 1.42. The van der Waals surface area contributed by atoms with Crippen molar-refractivity contribution >= 4 is 17.8 Å². The molecule has 15 heavy (non-hydrogen) atoms. The normalized spacial score (nSPS) is 16.5. The summed E-state index contributed by atoms with van der Waals surface area (Å²) in [6.45, 7) is 6.57. The van der Waals surface area contributed by atoms with Crippen LogP contribution in [-0.4, -0.2) is 53.8 Å². The number of carbonyl (C=O) groups is 3. The number of urea groups is 1. The second-order valence-corrected chi connectivity index (χ2v) is 3.24. The minimum Gasteiger partial charge on any atom is -0.302 e. The largest absolute Gasteiger partial charge is 0.331 e. The van der Waals surface area contributed by atoms with Gasteiger partial charge in [0.2, 0.25) is 0 Å². The lowest BCUT2D eigenvalue weighted by molar-refractivity contribution is -0.140. The third-order valence-corrected chi connectivity index (χ3v) is 2.44. The molecular weight excluding hydrogens is 198 g/mol. The Bertz CT molecular complexity index is 286. The van der Waals surface area contributed by atoms with E-state index in [-0.39, 0.29) is 6.54 Å². The first-order valence-corrected chi connectivity index (χ1v) is 4.99. The van der Waals surface area contributed by atoms with Gasteiger partial charge in [0.1, 0.15) is 0 Å². The molecule has 6 nitrogen and oxygen atoms in total. The van der Waals surface area contributed by atoms with Crippen LogP contribution in [0.3, 0.4) is 0 Å². The summed E-state index contributed by atoms with van der Waals surface area (Å²) >= 11 is 0. The van der Waals surface area contributed by atoms with Gasteiger partial charge in [-0.05, 0) is 13.1 Å². The third-order valence-electron chi connectivity index (χ3n) is 2.44. The van der Waals surface area contributed by atoms with Crippen LogP contribution in [0.1, 0.15) is 13.8 Å². The zero-order valence-corrected chi connectivity index (χ0v) is 8.95. The van der Waals surface area contributed by atoms with Crippen LogP contribution in [0.25, 0.3) is 0 Å². The Morgan fingerprint density at radius 1 is 1.20 bits per heavy atom. The molecule has 1 rings (SSSR count). The van der Waals surface area contributed by atoms with Crippen LogP contribution in [0.2, 0.25) is 0 Å². The number of nitrogens with zero attached hydrogens (tertiary/aromatic N) is 2. The first kappa shape index (κ1) is 11.6. The lowest BCUT2D eigenvalue weighted by Crippen LogP contribution is -2.38. The van der Waals surface area contributed by atoms with Crippen molar-refractivity contribution in [2.75, 3.05) is 26.2 Å². The summed E-state index contributed by atoms with van der Waals surface area (Å²) in [6, 6.07) is -0.614. The molecule has 1 fully saturated rings. The predicted molar refractivity (Wildman–Crippen MR) is 53.0 cm³/mol. The average Bonchev–Trinajstić information content (AvgIpc) is 2.45. The Morgan fingerprint density at radius 2 is 1.80 bits per heavy atom. The molecule has 1 aliphatic rings. The summed E-state index contributed by atoms with van der Waals surface area (Å²) in [5.41, 5.74) is 0. The molecule has 0 aromatic rings. The standard InChI is InChI=1S/C9H15N3O3/c1-3-11(4-2)5-6-12-8(14)7(13)10-9(12)15/h3-6H2,1-2H3,(H,10,13,15). The number of rotatable bonds is 5. The Morgan fingerprint density at radius 3 is 2.20 bits per heavy atom. The van der Waals surface area contributed by atoms with Crippen LogP contribution in [-0.2, 0) is 9.59 Å². The van der Waals surface area contributed by atoms with E-state index in [9.17, 15) is 14.4 Å². The maximum Gasteiger partial charge on any atom is 0.331 e. The molecule has 0 aromatic heterocycles. The summed E-state index contributed by atoms with van der Waals surface area (Å²) in [5.74, 6) is -1.59. The van der Waals surface area contributed by atoms with Gasteiger partial charge in [-0.1, -0.05) is 13.8 Å². The molecule has 6 heteroatoms. The van der Waals surface area contributed by atoms with E-state index in [1.165, 1.54) is 0 Å². The highest BCUT2D eigenvalue weighted by Gasteiger charge is 2.36. The Balaban J connectivity index is 2.48. The van der Waals surface area contributed by atoms with E-state index in [0.717, 1.165) is 18.0 Å². The topological polar surface area (TPSA) is 69.7 Å². The lowest BCUT2D eigenvalue weighted by Gasteiger charge is -2.20. The van der Waals surface area contributed by atoms with Gasteiger partial charge < -0.3 is 4.90 Å². The second kappa shape index (κ2) is 4.88. The number of carbonyl (C=O) groups excluding carboxylic acids is 3. The summed E-state index contributed by atoms with van der Waals surface area (Å²) in [7, 11) is 0. The molecule has 0 spiro atoms. The highest BCUT2D eigenvalue weighted by atomic mass is 16.2. The minimum atomic E-state index is -0.834. The third kappa shape index (κ3) is 2.53. The van der Waals surface area contributed by atoms with E-state index in [1.807, 2.05) is 19.2 Å². The first-order chi connectivity index (χ1) is 7.10. The molecule has 1 saturated heterocycles. The molecule has 0 atom stereocenters. The number of imide groups is 2. The van der Waals surface area contributed by atoms with Gasteiger partial charge in [-0.15, -0.1) is 0 Å². The van der Waals surface area contributed by atoms with Crippen molar-refractivity contribution in [3.8, 4) is 0 Å². The van der Waals surface area contributed by atoms with E-state index < -0.39 is 17.8 Å². The fraction of sp³-hybridized carbons (Fsp3) is 0.667. The molecule has 0 unspecified atom stereocenters. The molecule has 84 valence electrons. The maximum absolute atomic E-state index is 11.2. The van der Waals surface area contributed by atoms with E-state index in [4.69, 9.17) is 0 Å². The van der Waals surface area contributed by atoms with Crippen molar-refractivity contribution in [1.29, 1.82) is 0 Å². The van der Waals surface area contributed by atoms with Gasteiger partial charge in [0.15, 0.2) is 0 Å². The molecule has 0 radical (unpaired) electrons. The molecule has 0 aliphatic carbocycles. The molecule has 1 heterocycles. The fourth-order valence-corrected chi connectivity index (χ4v) is 1.42. The molecular formula is C9H15N3O3. The van der Waals surface area contributed by atoms with E-state index in [2.05, 4.69) is 4.90 Å². The lowest BCUT2D eigenvalue weighted by atomic mass is 10.4. The van der Waals surface area contributed by atoms with Crippen LogP contribution in [0.15, 0.2) is 0 Å². The number of amides is 4. The summed E-state index contributed by atoms with van der Waals surface area (Å²) < 4.78 is 0. The van der Waals surface area contributed by atoms with Crippen molar-refractivity contribution < 1.29 is 14.4 Å².